The summed E-state index contributed by atoms with van der Waals surface area (Å²) in [4.78, 5) is 18.5. The minimum absolute atomic E-state index is 0.0153. The van der Waals surface area contributed by atoms with Crippen molar-refractivity contribution in [2.24, 2.45) is 0 Å². The summed E-state index contributed by atoms with van der Waals surface area (Å²) in [6, 6.07) is 36.9. The van der Waals surface area contributed by atoms with Crippen LogP contribution < -0.4 is 24.0 Å². The highest BCUT2D eigenvalue weighted by Gasteiger charge is 2.40. The normalized spacial score (nSPS) is 14.5. The molecule has 5 aromatic carbocycles. The Morgan fingerprint density at radius 3 is 2.13 bits per heavy atom. The second-order valence-corrected chi connectivity index (χ2v) is 12.7. The zero-order valence-corrected chi connectivity index (χ0v) is 26.7. The molecule has 1 amide bonds. The lowest BCUT2D eigenvalue weighted by Crippen LogP contribution is -2.49. The molecule has 0 saturated heterocycles. The molecule has 6 rings (SSSR count). The van der Waals surface area contributed by atoms with Gasteiger partial charge in [-0.15, -0.1) is 0 Å². The minimum atomic E-state index is -4.02. The minimum Gasteiger partial charge on any atom is -0.497 e. The largest absolute Gasteiger partial charge is 0.497 e. The molecule has 0 saturated carbocycles. The molecule has 0 fully saturated rings. The fourth-order valence-electron chi connectivity index (χ4n) is 5.64. The van der Waals surface area contributed by atoms with E-state index in [1.54, 1.807) is 48.4 Å². The van der Waals surface area contributed by atoms with Crippen LogP contribution in [0.5, 0.6) is 11.5 Å². The second kappa shape index (κ2) is 13.0. The van der Waals surface area contributed by atoms with Crippen LogP contribution in [0.25, 0.3) is 0 Å². The van der Waals surface area contributed by atoms with Gasteiger partial charge in [-0.3, -0.25) is 14.4 Å². The molecule has 0 radical (unpaired) electrons. The van der Waals surface area contributed by atoms with E-state index in [2.05, 4.69) is 9.62 Å². The van der Waals surface area contributed by atoms with Crippen LogP contribution in [0.15, 0.2) is 126 Å². The summed E-state index contributed by atoms with van der Waals surface area (Å²) >= 11 is 0. The molecular formula is C37H35N3O5S. The molecule has 8 nitrogen and oxygen atoms in total. The lowest BCUT2D eigenvalue weighted by Gasteiger charge is -2.46. The molecule has 1 atom stereocenters. The van der Waals surface area contributed by atoms with Crippen molar-refractivity contribution >= 4 is 33.0 Å². The van der Waals surface area contributed by atoms with Crippen LogP contribution in [0.2, 0.25) is 0 Å². The molecule has 0 bridgehead atoms. The van der Waals surface area contributed by atoms with E-state index in [1.807, 2.05) is 92.7 Å². The van der Waals surface area contributed by atoms with Crippen molar-refractivity contribution in [1.82, 2.24) is 0 Å². The molecule has 0 spiro atoms. The van der Waals surface area contributed by atoms with E-state index in [1.165, 1.54) is 6.07 Å². The van der Waals surface area contributed by atoms with Gasteiger partial charge in [0.15, 0.2) is 0 Å². The Labute approximate surface area is 269 Å². The lowest BCUT2D eigenvalue weighted by atomic mass is 9.98. The standard InChI is InChI=1S/C37H35N3O5S/c1-4-45-32-18-12-28(13-19-32)36-39(25-27-8-6-5-7-9-27)35-23-22-33(46(42,43)38-29-14-20-31(44-3)21-15-29)24-34(35)37(41)40(36)30-16-10-26(2)11-17-30/h5-24,36,38H,4,25H2,1-3H3/t36-/m1/s1. The van der Waals surface area contributed by atoms with Crippen LogP contribution in [0.3, 0.4) is 0 Å². The second-order valence-electron chi connectivity index (χ2n) is 11.0. The van der Waals surface area contributed by atoms with Gasteiger partial charge < -0.3 is 14.4 Å². The molecule has 46 heavy (non-hydrogen) atoms. The quantitative estimate of drug-likeness (QED) is 0.171. The van der Waals surface area contributed by atoms with Crippen molar-refractivity contribution in [3.05, 3.63) is 144 Å². The van der Waals surface area contributed by atoms with E-state index in [0.717, 1.165) is 22.4 Å². The van der Waals surface area contributed by atoms with E-state index >= 15 is 0 Å². The van der Waals surface area contributed by atoms with Crippen molar-refractivity contribution in [1.29, 1.82) is 0 Å². The van der Waals surface area contributed by atoms with Gasteiger partial charge in [-0.2, -0.15) is 0 Å². The van der Waals surface area contributed by atoms with Crippen molar-refractivity contribution in [2.45, 2.75) is 31.5 Å². The number of carbonyl (C=O) groups excluding carboxylic acids is 1. The number of amides is 1. The van der Waals surface area contributed by atoms with Crippen molar-refractivity contribution in [3.63, 3.8) is 0 Å². The molecule has 9 heteroatoms. The van der Waals surface area contributed by atoms with Crippen LogP contribution in [-0.2, 0) is 16.6 Å². The Kier molecular flexibility index (Phi) is 8.68. The molecule has 0 unspecified atom stereocenters. The Balaban J connectivity index is 1.49. The smallest absolute Gasteiger partial charge is 0.262 e. The third kappa shape index (κ3) is 6.27. The van der Waals surface area contributed by atoms with Gasteiger partial charge >= 0.3 is 0 Å². The first-order chi connectivity index (χ1) is 22.3. The summed E-state index contributed by atoms with van der Waals surface area (Å²) in [5.41, 5.74) is 4.99. The van der Waals surface area contributed by atoms with Crippen LogP contribution in [0.4, 0.5) is 17.1 Å². The third-order valence-electron chi connectivity index (χ3n) is 7.92. The molecule has 5 aromatic rings. The number of methoxy groups -OCH3 is 1. The molecule has 0 aliphatic carbocycles. The average Bonchev–Trinajstić information content (AvgIpc) is 3.07. The van der Waals surface area contributed by atoms with Crippen LogP contribution in [0, 0.1) is 6.92 Å². The fourth-order valence-corrected chi connectivity index (χ4v) is 6.72. The topological polar surface area (TPSA) is 88.2 Å². The number of benzene rings is 5. The summed E-state index contributed by atoms with van der Waals surface area (Å²) < 4.78 is 40.7. The Morgan fingerprint density at radius 1 is 0.804 bits per heavy atom. The summed E-state index contributed by atoms with van der Waals surface area (Å²) in [6.45, 7) is 4.95. The first-order valence-electron chi connectivity index (χ1n) is 15.0. The van der Waals surface area contributed by atoms with Crippen LogP contribution >= 0.6 is 0 Å². The number of hydrogen-bond acceptors (Lipinski definition) is 6. The lowest BCUT2D eigenvalue weighted by molar-refractivity contribution is 0.0968. The monoisotopic (exact) mass is 633 g/mol. The highest BCUT2D eigenvalue weighted by Crippen LogP contribution is 2.43. The number of carbonyl (C=O) groups is 1. The van der Waals surface area contributed by atoms with Crippen LogP contribution in [-0.4, -0.2) is 28.0 Å². The number of nitrogens with zero attached hydrogens (tertiary/aromatic N) is 2. The van der Waals surface area contributed by atoms with Gasteiger partial charge in [-0.05, 0) is 91.7 Å². The number of aryl methyl sites for hydroxylation is 1. The van der Waals surface area contributed by atoms with E-state index in [4.69, 9.17) is 9.47 Å². The predicted molar refractivity (Wildman–Crippen MR) is 181 cm³/mol. The molecule has 234 valence electrons. The van der Waals surface area contributed by atoms with E-state index < -0.39 is 16.2 Å². The average molecular weight is 634 g/mol. The van der Waals surface area contributed by atoms with Crippen molar-refractivity contribution in [2.75, 3.05) is 28.2 Å². The number of rotatable bonds is 10. The van der Waals surface area contributed by atoms with Gasteiger partial charge in [0.05, 0.1) is 29.9 Å². The SMILES string of the molecule is CCOc1ccc([C@@H]2N(Cc3ccccc3)c3ccc(S(=O)(=O)Nc4ccc(OC)cc4)cc3C(=O)N2c2ccc(C)cc2)cc1. The summed E-state index contributed by atoms with van der Waals surface area (Å²) in [7, 11) is -2.48. The first-order valence-corrected chi connectivity index (χ1v) is 16.5. The Morgan fingerprint density at radius 2 is 1.48 bits per heavy atom. The third-order valence-corrected chi connectivity index (χ3v) is 9.30. The molecule has 1 aliphatic heterocycles. The Bertz CT molecular complexity index is 1930. The molecular weight excluding hydrogens is 598 g/mol. The molecule has 0 aromatic heterocycles. The zero-order valence-electron chi connectivity index (χ0n) is 25.9. The van der Waals surface area contributed by atoms with E-state index in [0.29, 0.717) is 36.0 Å². The van der Waals surface area contributed by atoms with E-state index in [9.17, 15) is 13.2 Å². The molecule has 1 aliphatic rings. The molecule has 1 N–H and O–H groups in total. The number of fused-ring (bicyclic) bond motifs is 1. The highest BCUT2D eigenvalue weighted by molar-refractivity contribution is 7.92. The van der Waals surface area contributed by atoms with Crippen molar-refractivity contribution < 1.29 is 22.7 Å². The van der Waals surface area contributed by atoms with Gasteiger partial charge in [-0.1, -0.05) is 60.2 Å². The summed E-state index contributed by atoms with van der Waals surface area (Å²) in [5, 5.41) is 0. The zero-order chi connectivity index (χ0) is 32.3. The van der Waals surface area contributed by atoms with Crippen molar-refractivity contribution in [3.8, 4) is 11.5 Å². The fraction of sp³-hybridized carbons (Fsp3) is 0.162. The van der Waals surface area contributed by atoms with Gasteiger partial charge in [-0.25, -0.2) is 8.42 Å². The number of ether oxygens (including phenoxy) is 2. The predicted octanol–water partition coefficient (Wildman–Crippen LogP) is 7.57. The van der Waals surface area contributed by atoms with Gasteiger partial charge in [0.1, 0.15) is 17.7 Å². The summed E-state index contributed by atoms with van der Waals surface area (Å²) in [6.07, 6.45) is -0.529. The first kappa shape index (κ1) is 30.7. The number of anilines is 3. The Hall–Kier alpha value is -5.28. The van der Waals surface area contributed by atoms with Gasteiger partial charge in [0, 0.05) is 17.9 Å². The van der Waals surface area contributed by atoms with Gasteiger partial charge in [0.2, 0.25) is 0 Å². The number of nitrogens with one attached hydrogen (secondary N) is 1. The molecule has 1 heterocycles. The maximum atomic E-state index is 14.6. The number of hydrogen-bond donors (Lipinski definition) is 1. The van der Waals surface area contributed by atoms with E-state index in [-0.39, 0.29) is 16.4 Å². The highest BCUT2D eigenvalue weighted by atomic mass is 32.2. The van der Waals surface area contributed by atoms with Crippen LogP contribution in [0.1, 0.15) is 40.1 Å². The maximum absolute atomic E-state index is 14.6. The number of sulfonamides is 1. The van der Waals surface area contributed by atoms with Gasteiger partial charge in [0.25, 0.3) is 15.9 Å². The maximum Gasteiger partial charge on any atom is 0.262 e. The summed E-state index contributed by atoms with van der Waals surface area (Å²) in [5.74, 6) is 1.05.